The van der Waals surface area contributed by atoms with Gasteiger partial charge in [-0.25, -0.2) is 0 Å². The molecule has 3 heteroatoms. The van der Waals surface area contributed by atoms with E-state index >= 15 is 0 Å². The molecule has 0 heterocycles. The molecule has 0 amide bonds. The van der Waals surface area contributed by atoms with Crippen LogP contribution in [0, 0.1) is 0 Å². The van der Waals surface area contributed by atoms with Crippen molar-refractivity contribution in [3.8, 4) is 0 Å². The van der Waals surface area contributed by atoms with E-state index in [-0.39, 0.29) is 6.10 Å². The molecule has 26 heavy (non-hydrogen) atoms. The summed E-state index contributed by atoms with van der Waals surface area (Å²) in [5.74, 6) is -0.670. The molecule has 154 valence electrons. The van der Waals surface area contributed by atoms with E-state index < -0.39 is 5.97 Å². The lowest BCUT2D eigenvalue weighted by molar-refractivity contribution is -0.137. The first kappa shape index (κ1) is 25.2. The highest BCUT2D eigenvalue weighted by Crippen LogP contribution is 2.14. The predicted molar refractivity (Wildman–Crippen MR) is 112 cm³/mol. The Morgan fingerprint density at radius 3 is 1.85 bits per heavy atom. The highest BCUT2D eigenvalue weighted by Gasteiger charge is 2.01. The number of aliphatic hydroxyl groups excluding tert-OH is 1. The summed E-state index contributed by atoms with van der Waals surface area (Å²) < 4.78 is 0. The first-order valence-electron chi connectivity index (χ1n) is 11.2. The molecule has 0 spiro atoms. The van der Waals surface area contributed by atoms with Crippen molar-refractivity contribution in [2.24, 2.45) is 0 Å². The topological polar surface area (TPSA) is 57.5 Å². The number of carboxylic acids is 1. The van der Waals surface area contributed by atoms with Gasteiger partial charge in [0.2, 0.25) is 0 Å². The normalized spacial score (nSPS) is 12.7. The largest absolute Gasteiger partial charge is 0.481 e. The van der Waals surface area contributed by atoms with Crippen LogP contribution in [-0.2, 0) is 4.79 Å². The predicted octanol–water partition coefficient (Wildman–Crippen LogP) is 7.03. The molecule has 0 aromatic heterocycles. The van der Waals surface area contributed by atoms with Crippen LogP contribution in [0.2, 0.25) is 0 Å². The van der Waals surface area contributed by atoms with Gasteiger partial charge in [-0.2, -0.15) is 0 Å². The molecule has 0 bridgehead atoms. The van der Waals surface area contributed by atoms with Gasteiger partial charge in [0.05, 0.1) is 6.10 Å². The summed E-state index contributed by atoms with van der Waals surface area (Å²) in [6, 6.07) is 0. The lowest BCUT2D eigenvalue weighted by Crippen LogP contribution is -2.04. The van der Waals surface area contributed by atoms with E-state index in [0.29, 0.717) is 6.42 Å². The molecular weight excluding hydrogens is 324 g/mol. The third-order valence-electron chi connectivity index (χ3n) is 4.98. The Labute approximate surface area is 162 Å². The fraction of sp³-hybridized carbons (Fsp3) is 0.870. The van der Waals surface area contributed by atoms with E-state index in [1.54, 1.807) is 0 Å². The zero-order valence-electron chi connectivity index (χ0n) is 17.3. The molecule has 0 saturated carbocycles. The van der Waals surface area contributed by atoms with E-state index in [0.717, 1.165) is 38.5 Å². The van der Waals surface area contributed by atoms with Gasteiger partial charge in [0, 0.05) is 6.42 Å². The number of rotatable bonds is 20. The molecule has 0 aromatic carbocycles. The number of carbonyl (C=O) groups is 1. The van der Waals surface area contributed by atoms with Crippen LogP contribution in [0.1, 0.15) is 122 Å². The smallest absolute Gasteiger partial charge is 0.303 e. The molecule has 0 aliphatic heterocycles. The third kappa shape index (κ3) is 21.2. The minimum atomic E-state index is -0.670. The molecule has 0 fully saturated rings. The van der Waals surface area contributed by atoms with Gasteiger partial charge in [0.25, 0.3) is 0 Å². The zero-order valence-corrected chi connectivity index (χ0v) is 17.3. The highest BCUT2D eigenvalue weighted by molar-refractivity contribution is 5.66. The molecule has 1 unspecified atom stereocenters. The highest BCUT2D eigenvalue weighted by atomic mass is 16.4. The summed E-state index contributed by atoms with van der Waals surface area (Å²) in [7, 11) is 0. The van der Waals surface area contributed by atoms with Crippen LogP contribution in [0.5, 0.6) is 0 Å². The summed E-state index contributed by atoms with van der Waals surface area (Å²) >= 11 is 0. The molecule has 0 saturated heterocycles. The van der Waals surface area contributed by atoms with Crippen LogP contribution in [-0.4, -0.2) is 22.3 Å². The molecule has 0 aliphatic carbocycles. The zero-order chi connectivity index (χ0) is 19.3. The van der Waals surface area contributed by atoms with Crippen molar-refractivity contribution >= 4 is 5.97 Å². The Hall–Kier alpha value is -0.830. The van der Waals surface area contributed by atoms with Crippen LogP contribution in [0.15, 0.2) is 12.2 Å². The summed E-state index contributed by atoms with van der Waals surface area (Å²) in [6.07, 6.45) is 24.5. The lowest BCUT2D eigenvalue weighted by Gasteiger charge is -2.07. The Bertz CT molecular complexity index is 325. The maximum Gasteiger partial charge on any atom is 0.303 e. The fourth-order valence-electron chi connectivity index (χ4n) is 3.25. The quantitative estimate of drug-likeness (QED) is 0.179. The van der Waals surface area contributed by atoms with Crippen molar-refractivity contribution in [2.45, 2.75) is 129 Å². The second-order valence-corrected chi connectivity index (χ2v) is 7.68. The number of allylic oxidation sites excluding steroid dienone is 1. The number of aliphatic hydroxyl groups is 1. The van der Waals surface area contributed by atoms with Gasteiger partial charge in [0.15, 0.2) is 0 Å². The van der Waals surface area contributed by atoms with Gasteiger partial charge in [-0.05, 0) is 32.1 Å². The van der Waals surface area contributed by atoms with E-state index in [4.69, 9.17) is 5.11 Å². The first-order valence-corrected chi connectivity index (χ1v) is 11.2. The van der Waals surface area contributed by atoms with E-state index in [2.05, 4.69) is 19.1 Å². The maximum absolute atomic E-state index is 10.4. The van der Waals surface area contributed by atoms with Crippen molar-refractivity contribution in [3.05, 3.63) is 12.2 Å². The number of carboxylic acid groups (broad SMARTS) is 1. The van der Waals surface area contributed by atoms with Crippen LogP contribution in [0.25, 0.3) is 0 Å². The lowest BCUT2D eigenvalue weighted by atomic mass is 10.0. The van der Waals surface area contributed by atoms with Crippen molar-refractivity contribution in [3.63, 3.8) is 0 Å². The minimum absolute atomic E-state index is 0.154. The average molecular weight is 369 g/mol. The summed E-state index contributed by atoms with van der Waals surface area (Å²) in [5, 5.41) is 18.5. The van der Waals surface area contributed by atoms with Gasteiger partial charge in [0.1, 0.15) is 0 Å². The van der Waals surface area contributed by atoms with Crippen molar-refractivity contribution in [1.29, 1.82) is 0 Å². The Morgan fingerprint density at radius 2 is 1.31 bits per heavy atom. The van der Waals surface area contributed by atoms with Gasteiger partial charge in [-0.1, -0.05) is 96.1 Å². The van der Waals surface area contributed by atoms with Crippen LogP contribution in [0.4, 0.5) is 0 Å². The molecule has 2 N–H and O–H groups in total. The molecule has 0 aromatic rings. The molecular formula is C23H44O3. The van der Waals surface area contributed by atoms with E-state index in [1.165, 1.54) is 70.6 Å². The monoisotopic (exact) mass is 368 g/mol. The van der Waals surface area contributed by atoms with Crippen molar-refractivity contribution in [1.82, 2.24) is 0 Å². The van der Waals surface area contributed by atoms with Crippen LogP contribution < -0.4 is 0 Å². The van der Waals surface area contributed by atoms with Gasteiger partial charge in [-0.15, -0.1) is 0 Å². The Balaban J connectivity index is 3.19. The SMILES string of the molecule is CCCCCC=CCC(O)CCCCCCCCCCCCCC(=O)O. The summed E-state index contributed by atoms with van der Waals surface area (Å²) in [6.45, 7) is 2.22. The number of hydrogen-bond donors (Lipinski definition) is 2. The molecule has 0 radical (unpaired) electrons. The average Bonchev–Trinajstić information content (AvgIpc) is 2.61. The van der Waals surface area contributed by atoms with E-state index in [9.17, 15) is 9.90 Å². The minimum Gasteiger partial charge on any atom is -0.481 e. The third-order valence-corrected chi connectivity index (χ3v) is 4.98. The van der Waals surface area contributed by atoms with E-state index in [1.807, 2.05) is 0 Å². The molecule has 0 aliphatic rings. The molecule has 0 rings (SSSR count). The number of hydrogen-bond acceptors (Lipinski definition) is 2. The fourth-order valence-corrected chi connectivity index (χ4v) is 3.25. The Morgan fingerprint density at radius 1 is 0.769 bits per heavy atom. The second-order valence-electron chi connectivity index (χ2n) is 7.68. The van der Waals surface area contributed by atoms with Gasteiger partial charge < -0.3 is 10.2 Å². The van der Waals surface area contributed by atoms with Gasteiger partial charge in [-0.3, -0.25) is 4.79 Å². The van der Waals surface area contributed by atoms with Crippen molar-refractivity contribution in [2.75, 3.05) is 0 Å². The number of aliphatic carboxylic acids is 1. The van der Waals surface area contributed by atoms with Crippen molar-refractivity contribution < 1.29 is 15.0 Å². The van der Waals surface area contributed by atoms with Crippen LogP contribution in [0.3, 0.4) is 0 Å². The maximum atomic E-state index is 10.4. The Kier molecular flexibility index (Phi) is 19.8. The van der Waals surface area contributed by atoms with Gasteiger partial charge >= 0.3 is 5.97 Å². The summed E-state index contributed by atoms with van der Waals surface area (Å²) in [5.41, 5.74) is 0. The number of unbranched alkanes of at least 4 members (excludes halogenated alkanes) is 13. The van der Waals surface area contributed by atoms with Crippen LogP contribution >= 0.6 is 0 Å². The summed E-state index contributed by atoms with van der Waals surface area (Å²) in [4.78, 5) is 10.4. The second kappa shape index (κ2) is 20.5. The molecule has 1 atom stereocenters. The standard InChI is InChI=1S/C23H44O3/c1-2-3-4-5-13-16-19-22(24)20-17-14-11-9-7-6-8-10-12-15-18-21-23(25)26/h13,16,22,24H,2-12,14-15,17-21H2,1H3,(H,25,26). The first-order chi connectivity index (χ1) is 12.7. The molecule has 3 nitrogen and oxygen atoms in total.